The highest BCUT2D eigenvalue weighted by atomic mass is 127. The maximum Gasteiger partial charge on any atom is 0.191 e. The van der Waals surface area contributed by atoms with E-state index in [1.807, 2.05) is 40.8 Å². The molecule has 0 saturated heterocycles. The van der Waals surface area contributed by atoms with Gasteiger partial charge in [-0.15, -0.1) is 24.0 Å². The number of imidazole rings is 1. The van der Waals surface area contributed by atoms with Crippen molar-refractivity contribution in [2.75, 3.05) is 19.6 Å². The summed E-state index contributed by atoms with van der Waals surface area (Å²) in [4.78, 5) is 8.53. The summed E-state index contributed by atoms with van der Waals surface area (Å²) >= 11 is 1.58. The van der Waals surface area contributed by atoms with E-state index in [1.54, 1.807) is 24.5 Å². The van der Waals surface area contributed by atoms with Crippen molar-refractivity contribution in [2.24, 2.45) is 4.99 Å². The van der Waals surface area contributed by atoms with Gasteiger partial charge in [0, 0.05) is 32.0 Å². The number of hydrogen-bond donors (Lipinski definition) is 3. The van der Waals surface area contributed by atoms with Gasteiger partial charge in [0.05, 0.1) is 12.9 Å². The predicted octanol–water partition coefficient (Wildman–Crippen LogP) is 2.42. The lowest BCUT2D eigenvalue weighted by Crippen LogP contribution is -2.39. The van der Waals surface area contributed by atoms with Gasteiger partial charge in [-0.05, 0) is 42.7 Å². The van der Waals surface area contributed by atoms with Crippen LogP contribution in [0.2, 0.25) is 0 Å². The Balaban J connectivity index is 0.00000288. The van der Waals surface area contributed by atoms with E-state index in [0.717, 1.165) is 37.6 Å². The zero-order valence-corrected chi connectivity index (χ0v) is 17.3. The number of nitrogens with zero attached hydrogens (tertiary/aromatic N) is 3. The fourth-order valence-electron chi connectivity index (χ4n) is 2.12. The highest BCUT2D eigenvalue weighted by Gasteiger charge is 2.23. The Kier molecular flexibility index (Phi) is 9.30. The Hall–Kier alpha value is -1.13. The van der Waals surface area contributed by atoms with Crippen LogP contribution in [0.15, 0.2) is 40.5 Å². The van der Waals surface area contributed by atoms with E-state index >= 15 is 0 Å². The second kappa shape index (κ2) is 10.7. The summed E-state index contributed by atoms with van der Waals surface area (Å²) in [5.74, 6) is 0.730. The lowest BCUT2D eigenvalue weighted by Gasteiger charge is -2.21. The third-order valence-corrected chi connectivity index (χ3v) is 4.16. The molecule has 0 saturated carbocycles. The van der Waals surface area contributed by atoms with E-state index in [-0.39, 0.29) is 24.0 Å². The Morgan fingerprint density at radius 2 is 2.29 bits per heavy atom. The molecule has 2 aromatic heterocycles. The first-order chi connectivity index (χ1) is 11.1. The number of guanidine groups is 1. The van der Waals surface area contributed by atoms with Crippen molar-refractivity contribution in [3.8, 4) is 0 Å². The van der Waals surface area contributed by atoms with Crippen LogP contribution in [0.25, 0.3) is 0 Å². The summed E-state index contributed by atoms with van der Waals surface area (Å²) in [6, 6.07) is 1.94. The average molecular weight is 463 g/mol. The van der Waals surface area contributed by atoms with Crippen molar-refractivity contribution in [3.05, 3.63) is 41.1 Å². The van der Waals surface area contributed by atoms with Gasteiger partial charge >= 0.3 is 0 Å². The van der Waals surface area contributed by atoms with E-state index in [9.17, 15) is 5.11 Å². The minimum atomic E-state index is -0.945. The maximum atomic E-state index is 10.5. The third-order valence-electron chi connectivity index (χ3n) is 3.48. The molecule has 0 radical (unpaired) electrons. The van der Waals surface area contributed by atoms with Crippen LogP contribution in [0.4, 0.5) is 0 Å². The van der Waals surface area contributed by atoms with Crippen LogP contribution in [0.1, 0.15) is 25.8 Å². The molecular weight excluding hydrogens is 437 g/mol. The van der Waals surface area contributed by atoms with Crippen LogP contribution < -0.4 is 10.6 Å². The van der Waals surface area contributed by atoms with Crippen LogP contribution in [0, 0.1) is 0 Å². The van der Waals surface area contributed by atoms with Crippen LogP contribution in [-0.2, 0) is 12.1 Å². The minimum Gasteiger partial charge on any atom is -0.383 e. The molecule has 0 aliphatic carbocycles. The first-order valence-corrected chi connectivity index (χ1v) is 8.79. The Bertz CT molecular complexity index is 584. The van der Waals surface area contributed by atoms with Crippen molar-refractivity contribution >= 4 is 41.3 Å². The first kappa shape index (κ1) is 20.9. The zero-order chi connectivity index (χ0) is 16.5. The Morgan fingerprint density at radius 3 is 2.92 bits per heavy atom. The van der Waals surface area contributed by atoms with Crippen molar-refractivity contribution in [1.82, 2.24) is 20.2 Å². The molecule has 0 aliphatic heterocycles. The van der Waals surface area contributed by atoms with Crippen LogP contribution >= 0.6 is 35.3 Å². The largest absolute Gasteiger partial charge is 0.383 e. The van der Waals surface area contributed by atoms with Gasteiger partial charge in [-0.1, -0.05) is 0 Å². The van der Waals surface area contributed by atoms with Crippen molar-refractivity contribution < 1.29 is 5.11 Å². The lowest BCUT2D eigenvalue weighted by molar-refractivity contribution is 0.0677. The summed E-state index contributed by atoms with van der Waals surface area (Å²) in [6.07, 6.45) is 6.53. The van der Waals surface area contributed by atoms with E-state index in [2.05, 4.69) is 20.6 Å². The number of halogens is 1. The van der Waals surface area contributed by atoms with E-state index in [0.29, 0.717) is 6.54 Å². The molecule has 0 spiro atoms. The normalized spacial score (nSPS) is 13.9. The van der Waals surface area contributed by atoms with E-state index < -0.39 is 5.60 Å². The second-order valence-electron chi connectivity index (χ2n) is 5.56. The molecular formula is C16H26IN5OS. The zero-order valence-electron chi connectivity index (χ0n) is 14.1. The molecule has 0 amide bonds. The fourth-order valence-corrected chi connectivity index (χ4v) is 2.91. The molecule has 2 rings (SSSR count). The van der Waals surface area contributed by atoms with Crippen LogP contribution in [-0.4, -0.2) is 40.3 Å². The number of aliphatic hydroxyl groups is 1. The number of thiophene rings is 1. The first-order valence-electron chi connectivity index (χ1n) is 7.85. The Morgan fingerprint density at radius 1 is 1.46 bits per heavy atom. The number of aryl methyl sites for hydroxylation is 1. The summed E-state index contributed by atoms with van der Waals surface area (Å²) in [7, 11) is 0. The summed E-state index contributed by atoms with van der Waals surface area (Å²) in [5, 5.41) is 20.9. The molecule has 1 atom stereocenters. The molecule has 0 bridgehead atoms. The Labute approximate surface area is 164 Å². The topological polar surface area (TPSA) is 74.5 Å². The molecule has 0 aliphatic rings. The molecule has 134 valence electrons. The van der Waals surface area contributed by atoms with Crippen LogP contribution in [0.3, 0.4) is 0 Å². The van der Waals surface area contributed by atoms with Gasteiger partial charge in [0.15, 0.2) is 5.96 Å². The fraction of sp³-hybridized carbons (Fsp3) is 0.500. The molecule has 2 aromatic rings. The molecule has 0 fully saturated rings. The lowest BCUT2D eigenvalue weighted by atomic mass is 10.00. The molecule has 3 N–H and O–H groups in total. The van der Waals surface area contributed by atoms with E-state index in [4.69, 9.17) is 0 Å². The van der Waals surface area contributed by atoms with Gasteiger partial charge in [0.1, 0.15) is 5.60 Å². The van der Waals surface area contributed by atoms with Gasteiger partial charge in [-0.3, -0.25) is 0 Å². The maximum absolute atomic E-state index is 10.5. The molecule has 1 unspecified atom stereocenters. The molecule has 6 nitrogen and oxygen atoms in total. The van der Waals surface area contributed by atoms with Gasteiger partial charge in [0.2, 0.25) is 0 Å². The van der Waals surface area contributed by atoms with Crippen molar-refractivity contribution in [1.29, 1.82) is 0 Å². The van der Waals surface area contributed by atoms with Crippen LogP contribution in [0.5, 0.6) is 0 Å². The summed E-state index contributed by atoms with van der Waals surface area (Å²) in [6.45, 7) is 6.65. The summed E-state index contributed by atoms with van der Waals surface area (Å²) < 4.78 is 2.05. The summed E-state index contributed by atoms with van der Waals surface area (Å²) in [5.41, 5.74) is -0.0405. The van der Waals surface area contributed by atoms with Crippen molar-refractivity contribution in [3.63, 3.8) is 0 Å². The third kappa shape index (κ3) is 6.78. The second-order valence-corrected chi connectivity index (χ2v) is 6.34. The van der Waals surface area contributed by atoms with Gasteiger partial charge < -0.3 is 20.3 Å². The van der Waals surface area contributed by atoms with E-state index in [1.165, 1.54) is 0 Å². The van der Waals surface area contributed by atoms with Crippen molar-refractivity contribution in [2.45, 2.75) is 32.4 Å². The predicted molar refractivity (Wildman–Crippen MR) is 110 cm³/mol. The highest BCUT2D eigenvalue weighted by Crippen LogP contribution is 2.23. The number of aromatic nitrogens is 2. The minimum absolute atomic E-state index is 0. The molecule has 2 heterocycles. The van der Waals surface area contributed by atoms with Gasteiger partial charge in [0.25, 0.3) is 0 Å². The SMILES string of the molecule is CCNC(=NCC(C)(O)c1ccsc1)NCCCn1ccnc1.I. The van der Waals surface area contributed by atoms with Gasteiger partial charge in [-0.25, -0.2) is 9.98 Å². The number of rotatable bonds is 8. The monoisotopic (exact) mass is 463 g/mol. The number of hydrogen-bond acceptors (Lipinski definition) is 4. The number of aliphatic imine (C=N–C) groups is 1. The smallest absolute Gasteiger partial charge is 0.191 e. The molecule has 0 aromatic carbocycles. The van der Waals surface area contributed by atoms with Gasteiger partial charge in [-0.2, -0.15) is 11.3 Å². The molecule has 24 heavy (non-hydrogen) atoms. The highest BCUT2D eigenvalue weighted by molar-refractivity contribution is 14.0. The average Bonchev–Trinajstić information content (AvgIpc) is 3.22. The molecule has 8 heteroatoms. The number of nitrogens with one attached hydrogen (secondary N) is 2. The quantitative estimate of drug-likeness (QED) is 0.243. The standard InChI is InChI=1S/C16H25N5OS.HI/c1-3-18-15(19-6-4-8-21-9-7-17-13-21)20-12-16(2,22)14-5-10-23-11-14;/h5,7,9-11,13,22H,3-4,6,8,12H2,1-2H3,(H2,18,19,20);1H.